The molecule has 1 saturated heterocycles. The van der Waals surface area contributed by atoms with Gasteiger partial charge in [-0.15, -0.1) is 23.7 Å². The number of nitrogens with zero attached hydrogens (tertiary/aromatic N) is 3. The second kappa shape index (κ2) is 10.0. The van der Waals surface area contributed by atoms with E-state index >= 15 is 0 Å². The smallest absolute Gasteiger partial charge is 0.224 e. The van der Waals surface area contributed by atoms with Crippen molar-refractivity contribution in [2.45, 2.75) is 38.6 Å². The van der Waals surface area contributed by atoms with Crippen molar-refractivity contribution >= 4 is 51.4 Å². The van der Waals surface area contributed by atoms with E-state index in [4.69, 9.17) is 11.6 Å². The molecule has 0 unspecified atom stereocenters. The molecule has 0 saturated carbocycles. The fraction of sp³-hybridized carbons (Fsp3) is 0.429. The minimum atomic E-state index is -0.173. The van der Waals surface area contributed by atoms with E-state index in [-0.39, 0.29) is 18.2 Å². The van der Waals surface area contributed by atoms with Gasteiger partial charge in [-0.3, -0.25) is 0 Å². The number of aromatic nitrogens is 2. The average Bonchev–Trinajstić information content (AvgIpc) is 3.07. The van der Waals surface area contributed by atoms with Gasteiger partial charge < -0.3 is 10.2 Å². The molecule has 4 rings (SSSR count). The first-order valence-corrected chi connectivity index (χ1v) is 11.0. The Labute approximate surface area is 185 Å². The maximum Gasteiger partial charge on any atom is 0.224 e. The Hall–Kier alpha value is -1.47. The molecule has 4 nitrogen and oxygen atoms in total. The summed E-state index contributed by atoms with van der Waals surface area (Å²) in [6.45, 7) is 4.98. The van der Waals surface area contributed by atoms with Crippen molar-refractivity contribution < 1.29 is 4.39 Å². The lowest BCUT2D eigenvalue weighted by Gasteiger charge is -2.33. The Morgan fingerprint density at radius 3 is 2.66 bits per heavy atom. The second-order valence-electron chi connectivity index (χ2n) is 7.36. The summed E-state index contributed by atoms with van der Waals surface area (Å²) in [5, 5.41) is 6.11. The molecule has 1 aliphatic rings. The molecule has 3 aromatic rings. The van der Waals surface area contributed by atoms with Crippen LogP contribution in [0.25, 0.3) is 10.2 Å². The maximum atomic E-state index is 13.0. The summed E-state index contributed by atoms with van der Waals surface area (Å²) in [5.74, 6) is 0.802. The lowest BCUT2D eigenvalue weighted by atomic mass is 10.0. The van der Waals surface area contributed by atoms with E-state index in [1.54, 1.807) is 11.3 Å². The number of piperidine rings is 1. The highest BCUT2D eigenvalue weighted by Gasteiger charge is 2.23. The Morgan fingerprint density at radius 2 is 1.93 bits per heavy atom. The minimum absolute atomic E-state index is 0. The normalized spacial score (nSPS) is 14.9. The van der Waals surface area contributed by atoms with Gasteiger partial charge in [0.05, 0.1) is 10.2 Å². The molecule has 0 spiro atoms. The predicted octanol–water partition coefficient (Wildman–Crippen LogP) is 5.41. The van der Waals surface area contributed by atoms with Gasteiger partial charge in [0.1, 0.15) is 5.82 Å². The molecule has 1 fully saturated rings. The zero-order valence-electron chi connectivity index (χ0n) is 16.3. The third kappa shape index (κ3) is 5.37. The monoisotopic (exact) mass is 454 g/mol. The number of benzene rings is 1. The van der Waals surface area contributed by atoms with Gasteiger partial charge in [0.25, 0.3) is 0 Å². The molecule has 156 valence electrons. The van der Waals surface area contributed by atoms with Crippen molar-refractivity contribution in [1.82, 2.24) is 15.3 Å². The molecule has 0 radical (unpaired) electrons. The first-order chi connectivity index (χ1) is 13.6. The first kappa shape index (κ1) is 22.2. The van der Waals surface area contributed by atoms with E-state index in [1.165, 1.54) is 17.7 Å². The number of hydrogen-bond donors (Lipinski definition) is 1. The van der Waals surface area contributed by atoms with Crippen LogP contribution >= 0.6 is 35.3 Å². The summed E-state index contributed by atoms with van der Waals surface area (Å²) in [5.41, 5.74) is 3.32. The van der Waals surface area contributed by atoms with Crippen molar-refractivity contribution in [3.63, 3.8) is 0 Å². The molecule has 0 atom stereocenters. The van der Waals surface area contributed by atoms with Gasteiger partial charge in [0, 0.05) is 19.1 Å². The number of rotatable bonds is 6. The summed E-state index contributed by atoms with van der Waals surface area (Å²) >= 11 is 7.86. The van der Waals surface area contributed by atoms with Gasteiger partial charge in [0.15, 0.2) is 5.82 Å². The zero-order chi connectivity index (χ0) is 19.5. The molecular formula is C21H25Cl2FN4S. The number of nitrogens with one attached hydrogen (secondary N) is 1. The van der Waals surface area contributed by atoms with E-state index < -0.39 is 0 Å². The molecule has 0 bridgehead atoms. The summed E-state index contributed by atoms with van der Waals surface area (Å²) < 4.78 is 14.1. The van der Waals surface area contributed by atoms with Crippen molar-refractivity contribution in [1.29, 1.82) is 0 Å². The number of halogens is 3. The van der Waals surface area contributed by atoms with Crippen LogP contribution in [0.5, 0.6) is 0 Å². The summed E-state index contributed by atoms with van der Waals surface area (Å²) in [7, 11) is 0. The van der Waals surface area contributed by atoms with Crippen LogP contribution in [0.3, 0.4) is 0 Å². The van der Waals surface area contributed by atoms with Crippen molar-refractivity contribution in [3.8, 4) is 0 Å². The Kier molecular flexibility index (Phi) is 7.68. The predicted molar refractivity (Wildman–Crippen MR) is 122 cm³/mol. The summed E-state index contributed by atoms with van der Waals surface area (Å²) in [6.07, 6.45) is 4.21. The van der Waals surface area contributed by atoms with Crippen molar-refractivity contribution in [2.75, 3.05) is 24.5 Å². The van der Waals surface area contributed by atoms with Crippen LogP contribution in [-0.2, 0) is 6.42 Å². The highest BCUT2D eigenvalue weighted by Crippen LogP contribution is 2.33. The van der Waals surface area contributed by atoms with Crippen LogP contribution in [0.1, 0.15) is 30.4 Å². The van der Waals surface area contributed by atoms with Crippen LogP contribution in [0.2, 0.25) is 5.28 Å². The Bertz CT molecular complexity index is 940. The van der Waals surface area contributed by atoms with E-state index in [1.807, 2.05) is 12.1 Å². The molecule has 3 heterocycles. The van der Waals surface area contributed by atoms with Crippen LogP contribution in [0, 0.1) is 12.7 Å². The summed E-state index contributed by atoms with van der Waals surface area (Å²) in [6, 6.07) is 7.33. The molecule has 29 heavy (non-hydrogen) atoms. The average molecular weight is 455 g/mol. The second-order valence-corrected chi connectivity index (χ2v) is 8.58. The van der Waals surface area contributed by atoms with Gasteiger partial charge in [-0.1, -0.05) is 12.1 Å². The number of thiophene rings is 1. The lowest BCUT2D eigenvalue weighted by Crippen LogP contribution is -2.43. The van der Waals surface area contributed by atoms with Crippen LogP contribution in [-0.4, -0.2) is 35.6 Å². The van der Waals surface area contributed by atoms with Gasteiger partial charge in [-0.05, 0) is 79.4 Å². The Balaban J connectivity index is 0.00000240. The maximum absolute atomic E-state index is 13.0. The number of aryl methyl sites for hydroxylation is 2. The van der Waals surface area contributed by atoms with Gasteiger partial charge in [-0.25, -0.2) is 9.37 Å². The van der Waals surface area contributed by atoms with Gasteiger partial charge >= 0.3 is 0 Å². The zero-order valence-corrected chi connectivity index (χ0v) is 18.7. The van der Waals surface area contributed by atoms with Crippen LogP contribution < -0.4 is 10.2 Å². The fourth-order valence-electron chi connectivity index (χ4n) is 3.75. The van der Waals surface area contributed by atoms with E-state index in [0.29, 0.717) is 11.3 Å². The Morgan fingerprint density at radius 1 is 1.21 bits per heavy atom. The third-order valence-electron chi connectivity index (χ3n) is 5.33. The van der Waals surface area contributed by atoms with Crippen molar-refractivity contribution in [3.05, 3.63) is 51.9 Å². The molecule has 0 aliphatic carbocycles. The van der Waals surface area contributed by atoms with E-state index in [0.717, 1.165) is 66.9 Å². The van der Waals surface area contributed by atoms with Crippen LogP contribution in [0.4, 0.5) is 10.2 Å². The topological polar surface area (TPSA) is 41.0 Å². The first-order valence-electron chi connectivity index (χ1n) is 9.74. The minimum Gasteiger partial charge on any atom is -0.355 e. The lowest BCUT2D eigenvalue weighted by molar-refractivity contribution is 0.412. The van der Waals surface area contributed by atoms with Crippen molar-refractivity contribution in [2.24, 2.45) is 0 Å². The number of hydrogen-bond acceptors (Lipinski definition) is 5. The molecule has 1 N–H and O–H groups in total. The molecule has 8 heteroatoms. The van der Waals surface area contributed by atoms with E-state index in [9.17, 15) is 4.39 Å². The number of anilines is 1. The summed E-state index contributed by atoms with van der Waals surface area (Å²) in [4.78, 5) is 11.2. The van der Waals surface area contributed by atoms with Crippen LogP contribution in [0.15, 0.2) is 29.6 Å². The highest BCUT2D eigenvalue weighted by atomic mass is 35.5. The van der Waals surface area contributed by atoms with Gasteiger partial charge in [-0.2, -0.15) is 4.98 Å². The standard InChI is InChI=1S/C21H24ClFN4S.ClH/c1-14-13-28-19-18(14)25-21(22)26-20(19)27-11-8-17(9-12-27)24-10-2-3-15-4-6-16(23)7-5-15;/h4-7,13,17,24H,2-3,8-12H2,1H3;1H. The molecule has 1 aromatic carbocycles. The molecule has 1 aliphatic heterocycles. The molecule has 0 amide bonds. The molecular weight excluding hydrogens is 430 g/mol. The SMILES string of the molecule is Cc1csc2c(N3CCC(NCCCc4ccc(F)cc4)CC3)nc(Cl)nc12.Cl. The van der Waals surface area contributed by atoms with E-state index in [2.05, 4.69) is 32.5 Å². The third-order valence-corrected chi connectivity index (χ3v) is 6.58. The van der Waals surface area contributed by atoms with Gasteiger partial charge in [0.2, 0.25) is 5.28 Å². The number of fused-ring (bicyclic) bond motifs is 1. The highest BCUT2D eigenvalue weighted by molar-refractivity contribution is 7.18. The fourth-order valence-corrected chi connectivity index (χ4v) is 4.92. The largest absolute Gasteiger partial charge is 0.355 e. The quantitative estimate of drug-likeness (QED) is 0.399. The molecule has 2 aromatic heterocycles.